The Hall–Kier alpha value is -2.66. The number of hydrogen-bond acceptors (Lipinski definition) is 4. The molecule has 1 aliphatic rings. The van der Waals surface area contributed by atoms with E-state index in [-0.39, 0.29) is 18.7 Å². The second-order valence-electron chi connectivity index (χ2n) is 6.03. The van der Waals surface area contributed by atoms with Crippen LogP contribution >= 0.6 is 0 Å². The van der Waals surface area contributed by atoms with Gasteiger partial charge in [-0.15, -0.1) is 6.58 Å². The van der Waals surface area contributed by atoms with Crippen molar-refractivity contribution < 1.29 is 19.1 Å². The van der Waals surface area contributed by atoms with E-state index in [1.807, 2.05) is 0 Å². The van der Waals surface area contributed by atoms with E-state index in [0.29, 0.717) is 28.1 Å². The number of fused-ring (bicyclic) bond motifs is 1. The lowest BCUT2D eigenvalue weighted by Gasteiger charge is -2.22. The first kappa shape index (κ1) is 16.2. The number of anilines is 1. The molecule has 24 heavy (non-hydrogen) atoms. The van der Waals surface area contributed by atoms with Crippen LogP contribution in [0, 0.1) is 13.8 Å². The Bertz CT molecular complexity index is 816. The van der Waals surface area contributed by atoms with E-state index >= 15 is 0 Å². The van der Waals surface area contributed by atoms with E-state index < -0.39 is 11.5 Å². The lowest BCUT2D eigenvalue weighted by Crippen LogP contribution is -2.42. The highest BCUT2D eigenvalue weighted by Gasteiger charge is 2.50. The van der Waals surface area contributed by atoms with Crippen molar-refractivity contribution in [3.63, 3.8) is 0 Å². The maximum atomic E-state index is 12.8. The van der Waals surface area contributed by atoms with Gasteiger partial charge in [-0.25, -0.2) is 0 Å². The van der Waals surface area contributed by atoms with E-state index in [1.54, 1.807) is 44.2 Å². The van der Waals surface area contributed by atoms with Crippen LogP contribution in [-0.4, -0.2) is 23.3 Å². The maximum Gasteiger partial charge on any atom is 0.264 e. The van der Waals surface area contributed by atoms with Crippen LogP contribution in [-0.2, 0) is 10.4 Å². The molecular weight excluding hydrogens is 306 g/mol. The number of carbonyl (C=O) groups is 2. The topological polar surface area (TPSA) is 70.8 Å². The van der Waals surface area contributed by atoms with E-state index in [4.69, 9.17) is 4.42 Å². The summed E-state index contributed by atoms with van der Waals surface area (Å²) in [5.41, 5.74) is 0.313. The normalized spacial score (nSPS) is 19.5. The van der Waals surface area contributed by atoms with Gasteiger partial charge in [0.2, 0.25) is 0 Å². The van der Waals surface area contributed by atoms with Crippen LogP contribution in [0.3, 0.4) is 0 Å². The number of ketones is 1. The van der Waals surface area contributed by atoms with Crippen molar-refractivity contribution in [1.82, 2.24) is 0 Å². The number of aryl methyl sites for hydroxylation is 2. The van der Waals surface area contributed by atoms with Crippen molar-refractivity contribution >= 4 is 17.4 Å². The molecule has 5 nitrogen and oxygen atoms in total. The molecule has 0 saturated carbocycles. The van der Waals surface area contributed by atoms with Crippen LogP contribution in [0.25, 0.3) is 0 Å². The van der Waals surface area contributed by atoms with Crippen molar-refractivity contribution in [1.29, 1.82) is 0 Å². The zero-order chi connectivity index (χ0) is 17.5. The van der Waals surface area contributed by atoms with Gasteiger partial charge in [-0.2, -0.15) is 0 Å². The van der Waals surface area contributed by atoms with E-state index in [2.05, 4.69) is 6.58 Å². The molecule has 1 aromatic heterocycles. The molecule has 1 aliphatic heterocycles. The molecule has 124 valence electrons. The summed E-state index contributed by atoms with van der Waals surface area (Å²) in [6, 6.07) is 6.97. The minimum Gasteiger partial charge on any atom is -0.469 e. The van der Waals surface area contributed by atoms with Crippen molar-refractivity contribution in [2.24, 2.45) is 0 Å². The number of aliphatic hydroxyl groups is 1. The van der Waals surface area contributed by atoms with Crippen molar-refractivity contribution in [3.05, 3.63) is 65.6 Å². The molecular formula is C19H19NO4. The first-order chi connectivity index (χ1) is 11.4. The number of rotatable bonds is 5. The van der Waals surface area contributed by atoms with Crippen molar-refractivity contribution in [3.8, 4) is 0 Å². The van der Waals surface area contributed by atoms with Crippen LogP contribution in [0.1, 0.15) is 33.7 Å². The molecule has 0 saturated heterocycles. The summed E-state index contributed by atoms with van der Waals surface area (Å²) in [6.45, 7) is 7.38. The summed E-state index contributed by atoms with van der Waals surface area (Å²) in [6.07, 6.45) is 2.77. The summed E-state index contributed by atoms with van der Waals surface area (Å²) in [5, 5.41) is 11.1. The average molecular weight is 325 g/mol. The third-order valence-electron chi connectivity index (χ3n) is 4.41. The van der Waals surface area contributed by atoms with Crippen LogP contribution in [0.15, 0.2) is 47.6 Å². The Balaban J connectivity index is 2.02. The Morgan fingerprint density at radius 3 is 2.71 bits per heavy atom. The first-order valence-corrected chi connectivity index (χ1v) is 7.72. The molecule has 1 atom stereocenters. The Morgan fingerprint density at radius 2 is 2.08 bits per heavy atom. The molecule has 0 radical (unpaired) electrons. The number of hydrogen-bond donors (Lipinski definition) is 1. The summed E-state index contributed by atoms with van der Waals surface area (Å²) in [5.74, 6) is -0.330. The van der Waals surface area contributed by atoms with E-state index in [1.165, 1.54) is 11.2 Å². The smallest absolute Gasteiger partial charge is 0.264 e. The van der Waals surface area contributed by atoms with Crippen LogP contribution in [0.4, 0.5) is 5.69 Å². The zero-order valence-electron chi connectivity index (χ0n) is 13.7. The maximum absolute atomic E-state index is 12.8. The molecule has 5 heteroatoms. The highest BCUT2D eigenvalue weighted by molar-refractivity contribution is 6.11. The van der Waals surface area contributed by atoms with Gasteiger partial charge in [0, 0.05) is 12.1 Å². The molecule has 0 spiro atoms. The van der Waals surface area contributed by atoms with Crippen LogP contribution in [0.5, 0.6) is 0 Å². The standard InChI is InChI=1S/C19H19NO4/c1-4-9-20-15-8-6-5-7-14(15)19(23,18(20)22)10-16(21)17-12(2)11-24-13(17)3/h4-8,11,23H,1,9-10H2,2-3H3/t19-/m1/s1. The molecule has 2 aromatic rings. The van der Waals surface area contributed by atoms with Gasteiger partial charge < -0.3 is 14.4 Å². The molecule has 1 N–H and O–H groups in total. The summed E-state index contributed by atoms with van der Waals surface area (Å²) in [7, 11) is 0. The lowest BCUT2D eigenvalue weighted by molar-refractivity contribution is -0.135. The Morgan fingerprint density at radius 1 is 1.38 bits per heavy atom. The predicted molar refractivity (Wildman–Crippen MR) is 90.0 cm³/mol. The average Bonchev–Trinajstić information content (AvgIpc) is 2.99. The molecule has 0 aliphatic carbocycles. The van der Waals surface area contributed by atoms with Gasteiger partial charge >= 0.3 is 0 Å². The van der Waals surface area contributed by atoms with Crippen molar-refractivity contribution in [2.45, 2.75) is 25.9 Å². The van der Waals surface area contributed by atoms with E-state index in [9.17, 15) is 14.7 Å². The number of Topliss-reactive ketones (excluding diaryl/α,β-unsaturated/α-hetero) is 1. The molecule has 1 aromatic carbocycles. The molecule has 3 rings (SSSR count). The highest BCUT2D eigenvalue weighted by atomic mass is 16.3. The van der Waals surface area contributed by atoms with Crippen LogP contribution < -0.4 is 4.90 Å². The minimum absolute atomic E-state index is 0.274. The fourth-order valence-electron chi connectivity index (χ4n) is 3.30. The first-order valence-electron chi connectivity index (χ1n) is 7.72. The lowest BCUT2D eigenvalue weighted by atomic mass is 9.87. The van der Waals surface area contributed by atoms with E-state index in [0.717, 1.165) is 0 Å². The third-order valence-corrected chi connectivity index (χ3v) is 4.41. The van der Waals surface area contributed by atoms with Gasteiger partial charge in [0.15, 0.2) is 11.4 Å². The van der Waals surface area contributed by atoms with Gasteiger partial charge in [0.05, 0.1) is 23.9 Å². The minimum atomic E-state index is -1.87. The highest BCUT2D eigenvalue weighted by Crippen LogP contribution is 2.43. The zero-order valence-corrected chi connectivity index (χ0v) is 13.7. The van der Waals surface area contributed by atoms with Gasteiger partial charge in [0.1, 0.15) is 5.76 Å². The Kier molecular flexibility index (Phi) is 3.89. The fourth-order valence-corrected chi connectivity index (χ4v) is 3.30. The largest absolute Gasteiger partial charge is 0.469 e. The summed E-state index contributed by atoms with van der Waals surface area (Å²) in [4.78, 5) is 27.0. The number of nitrogens with zero attached hydrogens (tertiary/aromatic N) is 1. The second-order valence-corrected chi connectivity index (χ2v) is 6.03. The van der Waals surface area contributed by atoms with Gasteiger partial charge in [-0.05, 0) is 25.5 Å². The predicted octanol–water partition coefficient (Wildman–Crippen LogP) is 2.89. The molecule has 2 heterocycles. The quantitative estimate of drug-likeness (QED) is 0.678. The molecule has 0 bridgehead atoms. The number of amides is 1. The number of benzene rings is 1. The Labute approximate surface area is 140 Å². The third kappa shape index (κ3) is 2.29. The monoisotopic (exact) mass is 325 g/mol. The molecule has 1 amide bonds. The number of para-hydroxylation sites is 1. The van der Waals surface area contributed by atoms with Gasteiger partial charge in [0.25, 0.3) is 5.91 Å². The summed E-state index contributed by atoms with van der Waals surface area (Å²) >= 11 is 0. The van der Waals surface area contributed by atoms with Gasteiger partial charge in [-0.3, -0.25) is 9.59 Å². The number of carbonyl (C=O) groups excluding carboxylic acids is 2. The molecule has 0 fully saturated rings. The van der Waals surface area contributed by atoms with Gasteiger partial charge in [-0.1, -0.05) is 24.3 Å². The number of furan rings is 1. The fraction of sp³-hybridized carbons (Fsp3) is 0.263. The second kappa shape index (κ2) is 5.76. The molecule has 0 unspecified atom stereocenters. The van der Waals surface area contributed by atoms with Crippen LogP contribution in [0.2, 0.25) is 0 Å². The summed E-state index contributed by atoms with van der Waals surface area (Å²) < 4.78 is 5.26. The van der Waals surface area contributed by atoms with Crippen molar-refractivity contribution in [2.75, 3.05) is 11.4 Å². The SMILES string of the molecule is C=CCN1C(=O)[C@@](O)(CC(=O)c2c(C)coc2C)c2ccccc21.